The van der Waals surface area contributed by atoms with E-state index in [4.69, 9.17) is 10.00 Å². The van der Waals surface area contributed by atoms with Crippen LogP contribution < -0.4 is 4.74 Å². The topological polar surface area (TPSA) is 59.3 Å². The third kappa shape index (κ3) is 4.02. The van der Waals surface area contributed by atoms with Gasteiger partial charge in [-0.1, -0.05) is 31.9 Å². The summed E-state index contributed by atoms with van der Waals surface area (Å²) in [6.45, 7) is 0.100. The van der Waals surface area contributed by atoms with E-state index in [-0.39, 0.29) is 6.61 Å². The highest BCUT2D eigenvalue weighted by atomic mass is 79.9. The molecule has 0 saturated heterocycles. The van der Waals surface area contributed by atoms with E-state index in [0.717, 1.165) is 4.47 Å². The maximum Gasteiger partial charge on any atom is 0.322 e. The molecule has 0 aromatic heterocycles. The summed E-state index contributed by atoms with van der Waals surface area (Å²) in [5, 5.41) is 8.91. The van der Waals surface area contributed by atoms with Crippen molar-refractivity contribution in [2.45, 2.75) is 4.83 Å². The molecule has 0 bridgehead atoms. The number of nitriles is 1. The monoisotopic (exact) mass is 361 g/mol. The molecule has 0 saturated carbocycles. The Labute approximate surface area is 116 Å². The third-order valence-electron chi connectivity index (χ3n) is 1.90. The van der Waals surface area contributed by atoms with Gasteiger partial charge in [0.05, 0.1) is 12.7 Å². The van der Waals surface area contributed by atoms with Gasteiger partial charge in [0.25, 0.3) is 0 Å². The summed E-state index contributed by atoms with van der Waals surface area (Å²) in [6, 6.07) is 7.09. The number of ether oxygens (including phenoxy) is 2. The fourth-order valence-electron chi connectivity index (χ4n) is 1.07. The molecule has 0 radical (unpaired) electrons. The second-order valence-electron chi connectivity index (χ2n) is 3.05. The zero-order valence-corrected chi connectivity index (χ0v) is 12.1. The molecule has 0 amide bonds. The molecule has 6 heteroatoms. The van der Waals surface area contributed by atoms with Crippen LogP contribution in [0.3, 0.4) is 0 Å². The predicted octanol–water partition coefficient (Wildman–Crippen LogP) is 2.64. The molecule has 0 N–H and O–H groups in total. The molecule has 1 aromatic carbocycles. The highest BCUT2D eigenvalue weighted by Crippen LogP contribution is 2.23. The minimum Gasteiger partial charge on any atom is -0.490 e. The van der Waals surface area contributed by atoms with Crippen molar-refractivity contribution in [3.05, 3.63) is 28.2 Å². The number of rotatable bonds is 4. The molecule has 90 valence electrons. The maximum atomic E-state index is 11.1. The number of benzene rings is 1. The standard InChI is InChI=1S/C11H9Br2NO3/c1-16-11(15)9(13)6-17-10-3-2-8(12)4-7(10)5-14/h2-4,9H,6H2,1H3. The van der Waals surface area contributed by atoms with Gasteiger partial charge in [-0.25, -0.2) is 0 Å². The van der Waals surface area contributed by atoms with Crippen LogP contribution in [0.5, 0.6) is 5.75 Å². The lowest BCUT2D eigenvalue weighted by molar-refractivity contribution is -0.140. The van der Waals surface area contributed by atoms with E-state index in [1.807, 2.05) is 6.07 Å². The Kier molecular flexibility index (Phi) is 5.45. The maximum absolute atomic E-state index is 11.1. The number of methoxy groups -OCH3 is 1. The zero-order chi connectivity index (χ0) is 12.8. The average Bonchev–Trinajstić information content (AvgIpc) is 2.35. The van der Waals surface area contributed by atoms with Gasteiger partial charge in [-0.2, -0.15) is 5.26 Å². The highest BCUT2D eigenvalue weighted by molar-refractivity contribution is 9.10. The van der Waals surface area contributed by atoms with Crippen molar-refractivity contribution < 1.29 is 14.3 Å². The summed E-state index contributed by atoms with van der Waals surface area (Å²) < 4.78 is 10.7. The first kappa shape index (κ1) is 14.0. The summed E-state index contributed by atoms with van der Waals surface area (Å²) in [5.74, 6) is 0.0182. The number of nitrogens with zero attached hydrogens (tertiary/aromatic N) is 1. The molecule has 17 heavy (non-hydrogen) atoms. The molecule has 0 spiro atoms. The minimum absolute atomic E-state index is 0.100. The van der Waals surface area contributed by atoms with Gasteiger partial charge in [-0.05, 0) is 18.2 Å². The fraction of sp³-hybridized carbons (Fsp3) is 0.273. The number of hydrogen-bond acceptors (Lipinski definition) is 4. The molecule has 4 nitrogen and oxygen atoms in total. The number of alkyl halides is 1. The van der Waals surface area contributed by atoms with Crippen molar-refractivity contribution in [2.75, 3.05) is 13.7 Å². The first-order valence-electron chi connectivity index (χ1n) is 4.63. The summed E-state index contributed by atoms with van der Waals surface area (Å²) in [4.78, 5) is 10.6. The molecule has 0 aliphatic heterocycles. The lowest BCUT2D eigenvalue weighted by Crippen LogP contribution is -2.23. The minimum atomic E-state index is -0.553. The van der Waals surface area contributed by atoms with Crippen molar-refractivity contribution >= 4 is 37.8 Å². The van der Waals surface area contributed by atoms with Crippen LogP contribution in [0.1, 0.15) is 5.56 Å². The van der Waals surface area contributed by atoms with E-state index in [1.165, 1.54) is 7.11 Å². The SMILES string of the molecule is COC(=O)C(Br)COc1ccc(Br)cc1C#N. The van der Waals surface area contributed by atoms with Gasteiger partial charge in [0.2, 0.25) is 0 Å². The Balaban J connectivity index is 2.70. The lowest BCUT2D eigenvalue weighted by atomic mass is 10.2. The summed E-state index contributed by atoms with van der Waals surface area (Å²) in [7, 11) is 1.30. The molecule has 1 aromatic rings. The lowest BCUT2D eigenvalue weighted by Gasteiger charge is -2.11. The molecule has 0 aliphatic rings. The molecule has 1 atom stereocenters. The second kappa shape index (κ2) is 6.62. The van der Waals surface area contributed by atoms with Crippen LogP contribution in [-0.2, 0) is 9.53 Å². The molecule has 1 unspecified atom stereocenters. The van der Waals surface area contributed by atoms with Gasteiger partial charge in [-0.15, -0.1) is 0 Å². The van der Waals surface area contributed by atoms with E-state index < -0.39 is 10.8 Å². The zero-order valence-electron chi connectivity index (χ0n) is 8.94. The van der Waals surface area contributed by atoms with Gasteiger partial charge >= 0.3 is 5.97 Å². The molecule has 0 fully saturated rings. The number of carbonyl (C=O) groups excluding carboxylic acids is 1. The van der Waals surface area contributed by atoms with Crippen LogP contribution >= 0.6 is 31.9 Å². The quantitative estimate of drug-likeness (QED) is 0.610. The van der Waals surface area contributed by atoms with Gasteiger partial charge in [-0.3, -0.25) is 4.79 Å². The predicted molar refractivity (Wildman–Crippen MR) is 69.1 cm³/mol. The van der Waals surface area contributed by atoms with E-state index in [2.05, 4.69) is 36.6 Å². The fourth-order valence-corrected chi connectivity index (χ4v) is 1.75. The number of esters is 1. The summed E-state index contributed by atoms with van der Waals surface area (Å²) >= 11 is 6.39. The van der Waals surface area contributed by atoms with E-state index in [9.17, 15) is 4.79 Å². The van der Waals surface area contributed by atoms with E-state index >= 15 is 0 Å². The van der Waals surface area contributed by atoms with Crippen LogP contribution in [0, 0.1) is 11.3 Å². The van der Waals surface area contributed by atoms with Crippen LogP contribution in [0.2, 0.25) is 0 Å². The second-order valence-corrected chi connectivity index (χ2v) is 5.07. The number of carbonyl (C=O) groups is 1. The van der Waals surface area contributed by atoms with Crippen molar-refractivity contribution in [3.8, 4) is 11.8 Å². The van der Waals surface area contributed by atoms with Gasteiger partial charge in [0.1, 0.15) is 23.3 Å². The number of halogens is 2. The third-order valence-corrected chi connectivity index (χ3v) is 3.04. The van der Waals surface area contributed by atoms with Crippen LogP contribution in [0.15, 0.2) is 22.7 Å². The Bertz CT molecular complexity index is 457. The van der Waals surface area contributed by atoms with Gasteiger partial charge < -0.3 is 9.47 Å². The van der Waals surface area contributed by atoms with Crippen molar-refractivity contribution in [3.63, 3.8) is 0 Å². The van der Waals surface area contributed by atoms with E-state index in [1.54, 1.807) is 18.2 Å². The molecule has 0 heterocycles. The molecular weight excluding hydrogens is 354 g/mol. The average molecular weight is 363 g/mol. The Hall–Kier alpha value is -1.06. The van der Waals surface area contributed by atoms with Crippen molar-refractivity contribution in [2.24, 2.45) is 0 Å². The van der Waals surface area contributed by atoms with E-state index in [0.29, 0.717) is 11.3 Å². The van der Waals surface area contributed by atoms with Gasteiger partial charge in [0, 0.05) is 4.47 Å². The molecule has 1 rings (SSSR count). The Morgan fingerprint density at radius 3 is 2.88 bits per heavy atom. The first-order chi connectivity index (χ1) is 8.08. The Morgan fingerprint density at radius 1 is 1.59 bits per heavy atom. The summed E-state index contributed by atoms with van der Waals surface area (Å²) in [6.07, 6.45) is 0. The van der Waals surface area contributed by atoms with Crippen LogP contribution in [0.4, 0.5) is 0 Å². The smallest absolute Gasteiger partial charge is 0.322 e. The molecular formula is C11H9Br2NO3. The van der Waals surface area contributed by atoms with Crippen LogP contribution in [0.25, 0.3) is 0 Å². The van der Waals surface area contributed by atoms with Gasteiger partial charge in [0.15, 0.2) is 0 Å². The first-order valence-corrected chi connectivity index (χ1v) is 6.33. The van der Waals surface area contributed by atoms with Crippen molar-refractivity contribution in [1.29, 1.82) is 5.26 Å². The van der Waals surface area contributed by atoms with Crippen LogP contribution in [-0.4, -0.2) is 24.5 Å². The van der Waals surface area contributed by atoms with Crippen molar-refractivity contribution in [1.82, 2.24) is 0 Å². The molecule has 0 aliphatic carbocycles. The summed E-state index contributed by atoms with van der Waals surface area (Å²) in [5.41, 5.74) is 0.406. The largest absolute Gasteiger partial charge is 0.490 e. The normalized spacial score (nSPS) is 11.4. The highest BCUT2D eigenvalue weighted by Gasteiger charge is 2.16. The number of hydrogen-bond donors (Lipinski definition) is 0. The Morgan fingerprint density at radius 2 is 2.29 bits per heavy atom.